The Morgan fingerprint density at radius 2 is 1.64 bits per heavy atom. The van der Waals surface area contributed by atoms with Crippen molar-refractivity contribution in [1.82, 2.24) is 5.32 Å². The zero-order valence-electron chi connectivity index (χ0n) is 14.3. The molecule has 6 heteroatoms. The Morgan fingerprint density at radius 3 is 2.20 bits per heavy atom. The van der Waals surface area contributed by atoms with E-state index in [0.717, 1.165) is 11.1 Å². The Hall–Kier alpha value is -2.24. The van der Waals surface area contributed by atoms with Crippen LogP contribution in [0.3, 0.4) is 0 Å². The molecule has 2 N–H and O–H groups in total. The second-order valence-corrected chi connectivity index (χ2v) is 5.77. The van der Waals surface area contributed by atoms with Crippen molar-refractivity contribution in [2.75, 3.05) is 13.2 Å². The largest absolute Gasteiger partial charge is 0.490 e. The highest BCUT2D eigenvalue weighted by Gasteiger charge is 2.11. The molecular formula is C19H22ClNO4. The van der Waals surface area contributed by atoms with Gasteiger partial charge in [0, 0.05) is 24.2 Å². The molecule has 0 heterocycles. The predicted octanol–water partition coefficient (Wildman–Crippen LogP) is 4.13. The Bertz CT molecular complexity index is 716. The van der Waals surface area contributed by atoms with E-state index in [-0.39, 0.29) is 5.56 Å². The van der Waals surface area contributed by atoms with Gasteiger partial charge in [-0.1, -0.05) is 23.7 Å². The summed E-state index contributed by atoms with van der Waals surface area (Å²) in [7, 11) is 0. The average Bonchev–Trinajstić information content (AvgIpc) is 2.59. The van der Waals surface area contributed by atoms with Gasteiger partial charge in [-0.15, -0.1) is 0 Å². The zero-order valence-corrected chi connectivity index (χ0v) is 15.1. The molecule has 0 aliphatic heterocycles. The zero-order chi connectivity index (χ0) is 18.2. The van der Waals surface area contributed by atoms with E-state index in [1.807, 2.05) is 19.9 Å². The Kier molecular flexibility index (Phi) is 7.10. The molecule has 134 valence electrons. The quantitative estimate of drug-likeness (QED) is 0.701. The average molecular weight is 364 g/mol. The molecule has 5 nitrogen and oxygen atoms in total. The maximum Gasteiger partial charge on any atom is 0.335 e. The van der Waals surface area contributed by atoms with Crippen LogP contribution in [0, 0.1) is 0 Å². The third kappa shape index (κ3) is 5.37. The number of aromatic carboxylic acids is 1. The van der Waals surface area contributed by atoms with Gasteiger partial charge in [0.25, 0.3) is 0 Å². The van der Waals surface area contributed by atoms with Crippen LogP contribution in [0.1, 0.15) is 35.3 Å². The van der Waals surface area contributed by atoms with Crippen LogP contribution < -0.4 is 14.8 Å². The second-order valence-electron chi connectivity index (χ2n) is 5.36. The molecule has 0 fully saturated rings. The molecule has 0 atom stereocenters. The number of carboxylic acid groups (broad SMARTS) is 1. The highest BCUT2D eigenvalue weighted by atomic mass is 35.5. The van der Waals surface area contributed by atoms with Gasteiger partial charge in [0.1, 0.15) is 0 Å². The van der Waals surface area contributed by atoms with Gasteiger partial charge in [-0.2, -0.15) is 0 Å². The van der Waals surface area contributed by atoms with Crippen LogP contribution in [-0.2, 0) is 13.1 Å². The maximum absolute atomic E-state index is 10.9. The van der Waals surface area contributed by atoms with Crippen molar-refractivity contribution in [3.8, 4) is 11.5 Å². The fourth-order valence-electron chi connectivity index (χ4n) is 2.36. The van der Waals surface area contributed by atoms with Gasteiger partial charge < -0.3 is 19.9 Å². The number of rotatable bonds is 9. The smallest absolute Gasteiger partial charge is 0.335 e. The normalized spacial score (nSPS) is 10.5. The number of carbonyl (C=O) groups is 1. The molecule has 0 radical (unpaired) electrons. The van der Waals surface area contributed by atoms with Gasteiger partial charge in [-0.3, -0.25) is 0 Å². The van der Waals surface area contributed by atoms with Gasteiger partial charge in [-0.05, 0) is 43.2 Å². The van der Waals surface area contributed by atoms with Crippen LogP contribution in [0.2, 0.25) is 5.02 Å². The van der Waals surface area contributed by atoms with Crippen LogP contribution in [0.5, 0.6) is 11.5 Å². The van der Waals surface area contributed by atoms with E-state index in [1.165, 1.54) is 0 Å². The van der Waals surface area contributed by atoms with Gasteiger partial charge in [0.2, 0.25) is 0 Å². The molecule has 2 aromatic rings. The number of benzene rings is 2. The first-order chi connectivity index (χ1) is 12.0. The summed E-state index contributed by atoms with van der Waals surface area (Å²) in [4.78, 5) is 10.9. The van der Waals surface area contributed by atoms with Crippen molar-refractivity contribution in [1.29, 1.82) is 0 Å². The first-order valence-corrected chi connectivity index (χ1v) is 8.53. The Labute approximate surface area is 152 Å². The molecule has 0 spiro atoms. The summed E-state index contributed by atoms with van der Waals surface area (Å²) in [5.74, 6) is 0.392. The lowest BCUT2D eigenvalue weighted by atomic mass is 10.1. The van der Waals surface area contributed by atoms with Crippen LogP contribution in [0.25, 0.3) is 0 Å². The summed E-state index contributed by atoms with van der Waals surface area (Å²) < 4.78 is 11.2. The Balaban J connectivity index is 2.02. The van der Waals surface area contributed by atoms with Gasteiger partial charge in [0.15, 0.2) is 11.5 Å². The molecule has 0 saturated heterocycles. The monoisotopic (exact) mass is 363 g/mol. The molecule has 2 aromatic carbocycles. The molecular weight excluding hydrogens is 342 g/mol. The van der Waals surface area contributed by atoms with Crippen molar-refractivity contribution in [3.63, 3.8) is 0 Å². The van der Waals surface area contributed by atoms with Gasteiger partial charge >= 0.3 is 5.97 Å². The SMILES string of the molecule is CCOc1cc(Cl)c(CNCc2ccc(C(=O)O)cc2)cc1OCC. The number of nitrogens with one attached hydrogen (secondary N) is 1. The molecule has 0 bridgehead atoms. The number of hydrogen-bond donors (Lipinski definition) is 2. The van der Waals surface area contributed by atoms with Crippen LogP contribution in [0.15, 0.2) is 36.4 Å². The standard InChI is InChI=1S/C19H22ClNO4/c1-3-24-17-9-15(16(20)10-18(17)25-4-2)12-21-11-13-5-7-14(8-6-13)19(22)23/h5-10,21H,3-4,11-12H2,1-2H3,(H,22,23). The molecule has 0 aliphatic rings. The summed E-state index contributed by atoms with van der Waals surface area (Å²) in [6.45, 7) is 6.09. The summed E-state index contributed by atoms with van der Waals surface area (Å²) in [6, 6.07) is 10.4. The summed E-state index contributed by atoms with van der Waals surface area (Å²) in [5.41, 5.74) is 2.19. The van der Waals surface area contributed by atoms with E-state index in [1.54, 1.807) is 30.3 Å². The number of ether oxygens (including phenoxy) is 2. The fraction of sp³-hybridized carbons (Fsp3) is 0.316. The van der Waals surface area contributed by atoms with Crippen molar-refractivity contribution in [3.05, 3.63) is 58.1 Å². The number of carboxylic acids is 1. The first-order valence-electron chi connectivity index (χ1n) is 8.16. The minimum atomic E-state index is -0.927. The van der Waals surface area contributed by atoms with Crippen LogP contribution in [-0.4, -0.2) is 24.3 Å². The summed E-state index contributed by atoms with van der Waals surface area (Å²) in [5, 5.41) is 12.8. The number of hydrogen-bond acceptors (Lipinski definition) is 4. The van der Waals surface area contributed by atoms with E-state index in [9.17, 15) is 4.79 Å². The Morgan fingerprint density at radius 1 is 1.04 bits per heavy atom. The molecule has 2 rings (SSSR count). The maximum atomic E-state index is 10.9. The van der Waals surface area contributed by atoms with Gasteiger partial charge in [0.05, 0.1) is 18.8 Å². The van der Waals surface area contributed by atoms with E-state index >= 15 is 0 Å². The minimum Gasteiger partial charge on any atom is -0.490 e. The van der Waals surface area contributed by atoms with Crippen molar-refractivity contribution in [2.24, 2.45) is 0 Å². The number of halogens is 1. The predicted molar refractivity (Wildman–Crippen MR) is 97.7 cm³/mol. The van der Waals surface area contributed by atoms with E-state index < -0.39 is 5.97 Å². The van der Waals surface area contributed by atoms with Crippen LogP contribution >= 0.6 is 11.6 Å². The van der Waals surface area contributed by atoms with Crippen molar-refractivity contribution >= 4 is 17.6 Å². The fourth-order valence-corrected chi connectivity index (χ4v) is 2.58. The molecule has 0 saturated carbocycles. The van der Waals surface area contributed by atoms with E-state index in [0.29, 0.717) is 42.8 Å². The molecule has 0 aromatic heterocycles. The molecule has 0 aliphatic carbocycles. The van der Waals surface area contributed by atoms with E-state index in [2.05, 4.69) is 5.32 Å². The van der Waals surface area contributed by atoms with Crippen molar-refractivity contribution in [2.45, 2.75) is 26.9 Å². The lowest BCUT2D eigenvalue weighted by Gasteiger charge is -2.14. The second kappa shape index (κ2) is 9.30. The summed E-state index contributed by atoms with van der Waals surface area (Å²) >= 11 is 6.33. The molecule has 25 heavy (non-hydrogen) atoms. The van der Waals surface area contributed by atoms with Crippen molar-refractivity contribution < 1.29 is 19.4 Å². The molecule has 0 amide bonds. The first kappa shape index (κ1) is 19.1. The summed E-state index contributed by atoms with van der Waals surface area (Å²) in [6.07, 6.45) is 0. The minimum absolute atomic E-state index is 0.277. The van der Waals surface area contributed by atoms with E-state index in [4.69, 9.17) is 26.2 Å². The third-order valence-electron chi connectivity index (χ3n) is 3.56. The van der Waals surface area contributed by atoms with Gasteiger partial charge in [-0.25, -0.2) is 4.79 Å². The topological polar surface area (TPSA) is 67.8 Å². The highest BCUT2D eigenvalue weighted by Crippen LogP contribution is 2.33. The van der Waals surface area contributed by atoms with Crippen LogP contribution in [0.4, 0.5) is 0 Å². The highest BCUT2D eigenvalue weighted by molar-refractivity contribution is 6.31. The third-order valence-corrected chi connectivity index (χ3v) is 3.91. The molecule has 0 unspecified atom stereocenters. The lowest BCUT2D eigenvalue weighted by molar-refractivity contribution is 0.0697. The lowest BCUT2D eigenvalue weighted by Crippen LogP contribution is -2.13.